The Morgan fingerprint density at radius 3 is 2.69 bits per heavy atom. The number of phenols is 1. The number of phenolic OH excluding ortho intramolecular Hbond substituents is 1. The van der Waals surface area contributed by atoms with Gasteiger partial charge in [0.05, 0.1) is 5.69 Å². The molecule has 6 nitrogen and oxygen atoms in total. The summed E-state index contributed by atoms with van der Waals surface area (Å²) in [5, 5.41) is 9.17. The molecular weight excluding hydrogens is 230 g/mol. The second-order valence-electron chi connectivity index (χ2n) is 3.29. The first-order valence-electron chi connectivity index (χ1n) is 4.72. The van der Waals surface area contributed by atoms with E-state index in [0.717, 1.165) is 0 Å². The van der Waals surface area contributed by atoms with Crippen molar-refractivity contribution in [2.45, 2.75) is 6.92 Å². The fraction of sp³-hybridized carbons (Fsp3) is 0.333. The third-order valence-corrected chi connectivity index (χ3v) is 2.96. The smallest absolute Gasteiger partial charge is 0.299 e. The van der Waals surface area contributed by atoms with Crippen LogP contribution in [-0.4, -0.2) is 26.6 Å². The fourth-order valence-electron chi connectivity index (χ4n) is 1.14. The molecule has 1 aromatic rings. The SMILES string of the molecule is Cc1cc(O)ccc1NS(=O)(=O)NCCN. The Labute approximate surface area is 94.7 Å². The number of hydrogen-bond acceptors (Lipinski definition) is 4. The van der Waals surface area contributed by atoms with Gasteiger partial charge in [-0.25, -0.2) is 0 Å². The molecule has 0 saturated carbocycles. The predicted molar refractivity (Wildman–Crippen MR) is 62.4 cm³/mol. The molecule has 0 unspecified atom stereocenters. The van der Waals surface area contributed by atoms with E-state index in [9.17, 15) is 8.42 Å². The van der Waals surface area contributed by atoms with Crippen LogP contribution in [0.25, 0.3) is 0 Å². The molecule has 0 fully saturated rings. The van der Waals surface area contributed by atoms with Gasteiger partial charge in [0, 0.05) is 13.1 Å². The Morgan fingerprint density at radius 1 is 1.44 bits per heavy atom. The molecule has 0 aliphatic rings. The predicted octanol–water partition coefficient (Wildman–Crippen LogP) is -0.0944. The Bertz CT molecular complexity index is 459. The van der Waals surface area contributed by atoms with Crippen molar-refractivity contribution in [1.82, 2.24) is 4.72 Å². The van der Waals surface area contributed by atoms with Crippen molar-refractivity contribution in [3.8, 4) is 5.75 Å². The van der Waals surface area contributed by atoms with E-state index < -0.39 is 10.2 Å². The molecule has 0 aliphatic carbocycles. The first-order valence-corrected chi connectivity index (χ1v) is 6.20. The highest BCUT2D eigenvalue weighted by Crippen LogP contribution is 2.20. The Morgan fingerprint density at radius 2 is 2.12 bits per heavy atom. The van der Waals surface area contributed by atoms with Gasteiger partial charge >= 0.3 is 0 Å². The minimum Gasteiger partial charge on any atom is -0.508 e. The highest BCUT2D eigenvalue weighted by molar-refractivity contribution is 7.90. The Hall–Kier alpha value is -1.31. The number of anilines is 1. The largest absolute Gasteiger partial charge is 0.508 e. The summed E-state index contributed by atoms with van der Waals surface area (Å²) in [6, 6.07) is 4.38. The first-order chi connectivity index (χ1) is 7.44. The van der Waals surface area contributed by atoms with Gasteiger partial charge in [0.15, 0.2) is 0 Å². The molecular formula is C9H15N3O3S. The van der Waals surface area contributed by atoms with E-state index in [1.54, 1.807) is 6.92 Å². The summed E-state index contributed by atoms with van der Waals surface area (Å²) in [5.41, 5.74) is 6.25. The number of benzene rings is 1. The molecule has 7 heteroatoms. The van der Waals surface area contributed by atoms with Gasteiger partial charge in [0.25, 0.3) is 10.2 Å². The molecule has 0 spiro atoms. The Kier molecular flexibility index (Phi) is 4.11. The van der Waals surface area contributed by atoms with Crippen molar-refractivity contribution in [1.29, 1.82) is 0 Å². The molecule has 0 atom stereocenters. The fourth-order valence-corrected chi connectivity index (χ4v) is 2.11. The van der Waals surface area contributed by atoms with Gasteiger partial charge < -0.3 is 10.8 Å². The topological polar surface area (TPSA) is 104 Å². The molecule has 1 rings (SSSR count). The van der Waals surface area contributed by atoms with Gasteiger partial charge in [-0.3, -0.25) is 4.72 Å². The highest BCUT2D eigenvalue weighted by atomic mass is 32.2. The lowest BCUT2D eigenvalue weighted by molar-refractivity contribution is 0.475. The first kappa shape index (κ1) is 12.8. The van der Waals surface area contributed by atoms with Crippen molar-refractivity contribution in [2.75, 3.05) is 17.8 Å². The number of rotatable bonds is 5. The lowest BCUT2D eigenvalue weighted by Gasteiger charge is -2.10. The lowest BCUT2D eigenvalue weighted by Crippen LogP contribution is -2.34. The second kappa shape index (κ2) is 5.15. The van der Waals surface area contributed by atoms with Gasteiger partial charge in [0.1, 0.15) is 5.75 Å². The van der Waals surface area contributed by atoms with Crippen LogP contribution in [0.2, 0.25) is 0 Å². The van der Waals surface area contributed by atoms with Crippen LogP contribution in [0.5, 0.6) is 5.75 Å². The van der Waals surface area contributed by atoms with E-state index in [4.69, 9.17) is 10.8 Å². The summed E-state index contributed by atoms with van der Waals surface area (Å²) in [7, 11) is -3.59. The third-order valence-electron chi connectivity index (χ3n) is 1.89. The third kappa shape index (κ3) is 3.69. The van der Waals surface area contributed by atoms with E-state index in [2.05, 4.69) is 9.44 Å². The molecule has 0 heterocycles. The Balaban J connectivity index is 2.80. The molecule has 1 aromatic carbocycles. The van der Waals surface area contributed by atoms with Crippen LogP contribution in [0.4, 0.5) is 5.69 Å². The standard InChI is InChI=1S/C9H15N3O3S/c1-7-6-8(13)2-3-9(7)12-16(14,15)11-5-4-10/h2-3,6,11-13H,4-5,10H2,1H3. The van der Waals surface area contributed by atoms with Crippen molar-refractivity contribution in [3.05, 3.63) is 23.8 Å². The second-order valence-corrected chi connectivity index (χ2v) is 4.79. The maximum absolute atomic E-state index is 11.5. The van der Waals surface area contributed by atoms with Crippen molar-refractivity contribution >= 4 is 15.9 Å². The van der Waals surface area contributed by atoms with Crippen molar-refractivity contribution in [3.63, 3.8) is 0 Å². The molecule has 0 amide bonds. The molecule has 0 aliphatic heterocycles. The van der Waals surface area contributed by atoms with Gasteiger partial charge in [-0.1, -0.05) is 0 Å². The monoisotopic (exact) mass is 245 g/mol. The number of aryl methyl sites for hydroxylation is 1. The quantitative estimate of drug-likeness (QED) is 0.544. The van der Waals surface area contributed by atoms with E-state index in [1.165, 1.54) is 18.2 Å². The number of hydrogen-bond donors (Lipinski definition) is 4. The molecule has 5 N–H and O–H groups in total. The molecule has 90 valence electrons. The number of nitrogens with two attached hydrogens (primary N) is 1. The summed E-state index contributed by atoms with van der Waals surface area (Å²) < 4.78 is 27.5. The van der Waals surface area contributed by atoms with Crippen molar-refractivity contribution < 1.29 is 13.5 Å². The highest BCUT2D eigenvalue weighted by Gasteiger charge is 2.10. The maximum atomic E-state index is 11.5. The normalized spacial score (nSPS) is 11.4. The minimum atomic E-state index is -3.59. The number of aromatic hydroxyl groups is 1. The van der Waals surface area contributed by atoms with Crippen LogP contribution < -0.4 is 15.2 Å². The zero-order chi connectivity index (χ0) is 12.2. The molecule has 16 heavy (non-hydrogen) atoms. The molecule has 0 aromatic heterocycles. The van der Waals surface area contributed by atoms with E-state index >= 15 is 0 Å². The summed E-state index contributed by atoms with van der Waals surface area (Å²) in [6.07, 6.45) is 0. The van der Waals surface area contributed by atoms with Gasteiger partial charge in [-0.05, 0) is 30.7 Å². The van der Waals surface area contributed by atoms with Crippen molar-refractivity contribution in [2.24, 2.45) is 5.73 Å². The maximum Gasteiger partial charge on any atom is 0.299 e. The van der Waals surface area contributed by atoms with E-state index in [1.807, 2.05) is 0 Å². The van der Waals surface area contributed by atoms with Crippen LogP contribution in [0, 0.1) is 6.92 Å². The van der Waals surface area contributed by atoms with Crippen LogP contribution in [0.3, 0.4) is 0 Å². The zero-order valence-electron chi connectivity index (χ0n) is 8.90. The van der Waals surface area contributed by atoms with Crippen LogP contribution >= 0.6 is 0 Å². The van der Waals surface area contributed by atoms with E-state index in [-0.39, 0.29) is 18.8 Å². The average Bonchev–Trinajstić information content (AvgIpc) is 2.19. The molecule has 0 saturated heterocycles. The van der Waals surface area contributed by atoms with Crippen LogP contribution in [0.1, 0.15) is 5.56 Å². The van der Waals surface area contributed by atoms with Gasteiger partial charge in [-0.15, -0.1) is 0 Å². The van der Waals surface area contributed by atoms with Crippen LogP contribution in [0.15, 0.2) is 18.2 Å². The summed E-state index contributed by atoms with van der Waals surface area (Å²) in [4.78, 5) is 0. The average molecular weight is 245 g/mol. The molecule has 0 radical (unpaired) electrons. The van der Waals surface area contributed by atoms with E-state index in [0.29, 0.717) is 11.3 Å². The number of nitrogens with one attached hydrogen (secondary N) is 2. The summed E-state index contributed by atoms with van der Waals surface area (Å²) in [5.74, 6) is 0.0929. The zero-order valence-corrected chi connectivity index (χ0v) is 9.71. The minimum absolute atomic E-state index is 0.0929. The van der Waals surface area contributed by atoms with Gasteiger partial charge in [-0.2, -0.15) is 13.1 Å². The van der Waals surface area contributed by atoms with Crippen LogP contribution in [-0.2, 0) is 10.2 Å². The summed E-state index contributed by atoms with van der Waals surface area (Å²) in [6.45, 7) is 2.10. The van der Waals surface area contributed by atoms with Gasteiger partial charge in [0.2, 0.25) is 0 Å². The molecule has 0 bridgehead atoms. The lowest BCUT2D eigenvalue weighted by atomic mass is 10.2. The summed E-state index contributed by atoms with van der Waals surface area (Å²) >= 11 is 0.